The van der Waals surface area contributed by atoms with Crippen molar-refractivity contribution >= 4 is 6.08 Å². The Morgan fingerprint density at radius 2 is 1.44 bits per heavy atom. The van der Waals surface area contributed by atoms with Crippen molar-refractivity contribution in [3.05, 3.63) is 143 Å². The molecule has 0 aliphatic carbocycles. The van der Waals surface area contributed by atoms with Gasteiger partial charge in [0.15, 0.2) is 5.82 Å². The third-order valence-electron chi connectivity index (χ3n) is 8.09. The van der Waals surface area contributed by atoms with Gasteiger partial charge in [0.25, 0.3) is 0 Å². The highest BCUT2D eigenvalue weighted by molar-refractivity contribution is 5.49. The Labute approximate surface area is 254 Å². The topological polar surface area (TPSA) is 59.3 Å². The van der Waals surface area contributed by atoms with Crippen LogP contribution in [0.15, 0.2) is 109 Å². The predicted octanol–water partition coefficient (Wildman–Crippen LogP) is 6.28. The summed E-state index contributed by atoms with van der Waals surface area (Å²) in [6.07, 6.45) is 4.46. The summed E-state index contributed by atoms with van der Waals surface area (Å²) in [6.45, 7) is 9.31. The van der Waals surface area contributed by atoms with Crippen molar-refractivity contribution in [2.75, 3.05) is 32.7 Å². The summed E-state index contributed by atoms with van der Waals surface area (Å²) in [7, 11) is 0. The highest BCUT2D eigenvalue weighted by Crippen LogP contribution is 2.36. The van der Waals surface area contributed by atoms with Crippen molar-refractivity contribution in [2.45, 2.75) is 26.5 Å². The van der Waals surface area contributed by atoms with E-state index in [1.165, 1.54) is 5.56 Å². The first-order valence-corrected chi connectivity index (χ1v) is 15.0. The van der Waals surface area contributed by atoms with E-state index >= 15 is 0 Å². The Balaban J connectivity index is 1.30. The lowest BCUT2D eigenvalue weighted by Gasteiger charge is -2.39. The van der Waals surface area contributed by atoms with Gasteiger partial charge in [0.05, 0.1) is 5.69 Å². The number of hydrogen-bond acceptors (Lipinski definition) is 6. The Morgan fingerprint density at radius 1 is 0.767 bits per heavy atom. The summed E-state index contributed by atoms with van der Waals surface area (Å²) in [5.41, 5.74) is 6.72. The first-order valence-electron chi connectivity index (χ1n) is 15.0. The summed E-state index contributed by atoms with van der Waals surface area (Å²) < 4.78 is 8.41. The molecular weight excluding hydrogens is 532 g/mol. The molecule has 0 amide bonds. The van der Waals surface area contributed by atoms with Gasteiger partial charge >= 0.3 is 0 Å². The maximum atomic E-state index is 6.48. The first-order chi connectivity index (χ1) is 21.2. The molecule has 0 radical (unpaired) electrons. The third-order valence-corrected chi connectivity index (χ3v) is 8.09. The molecule has 1 saturated heterocycles. The number of piperazine rings is 1. The van der Waals surface area contributed by atoms with Gasteiger partial charge in [-0.15, -0.1) is 5.10 Å². The number of rotatable bonds is 10. The van der Waals surface area contributed by atoms with Crippen LogP contribution >= 0.6 is 0 Å². The first kappa shape index (κ1) is 28.5. The molecule has 43 heavy (non-hydrogen) atoms. The molecule has 0 saturated carbocycles. The maximum Gasteiger partial charge on any atom is 0.178 e. The van der Waals surface area contributed by atoms with E-state index in [4.69, 9.17) is 4.74 Å². The van der Waals surface area contributed by atoms with Gasteiger partial charge in [0.2, 0.25) is 0 Å². The summed E-state index contributed by atoms with van der Waals surface area (Å²) in [5, 5.41) is 13.4. The van der Waals surface area contributed by atoms with Crippen molar-refractivity contribution in [2.24, 2.45) is 0 Å². The fraction of sp³-hybridized carbons (Fsp3) is 0.250. The average Bonchev–Trinajstić information content (AvgIpc) is 3.51. The zero-order valence-corrected chi connectivity index (χ0v) is 24.9. The molecule has 0 bridgehead atoms. The van der Waals surface area contributed by atoms with Crippen molar-refractivity contribution in [3.63, 3.8) is 0 Å². The summed E-state index contributed by atoms with van der Waals surface area (Å²) in [4.78, 5) is 5.00. The van der Waals surface area contributed by atoms with Crippen LogP contribution in [0.2, 0.25) is 0 Å². The van der Waals surface area contributed by atoms with Crippen LogP contribution in [-0.4, -0.2) is 62.7 Å². The fourth-order valence-corrected chi connectivity index (χ4v) is 5.84. The van der Waals surface area contributed by atoms with Gasteiger partial charge in [-0.2, -0.15) is 4.68 Å². The second-order valence-corrected chi connectivity index (χ2v) is 11.1. The lowest BCUT2D eigenvalue weighted by Crippen LogP contribution is -2.48. The van der Waals surface area contributed by atoms with Crippen molar-refractivity contribution < 1.29 is 4.74 Å². The van der Waals surface area contributed by atoms with Gasteiger partial charge in [-0.3, -0.25) is 9.80 Å². The molecule has 6 rings (SSSR count). The van der Waals surface area contributed by atoms with Gasteiger partial charge in [0, 0.05) is 38.3 Å². The third kappa shape index (κ3) is 6.74. The molecule has 0 N–H and O–H groups in total. The Bertz CT molecular complexity index is 1620. The van der Waals surface area contributed by atoms with Crippen LogP contribution < -0.4 is 4.74 Å². The minimum absolute atomic E-state index is 0.178. The SMILES string of the molecule is Cc1cccc(C)c1-n1nnnc1[C@H](c1ccccc1OCc1ccccc1)N1CCN(CC=Cc2ccccc2)CC1. The van der Waals surface area contributed by atoms with Crippen LogP contribution in [0.25, 0.3) is 11.8 Å². The standard InChI is InChI=1S/C36H38N6O/c1-28-13-11-14-29(2)34(28)42-36(37-38-39-42)35(32-20-9-10-21-33(32)43-27-31-17-7-4-8-18-31)41-25-23-40(24-26-41)22-12-19-30-15-5-3-6-16-30/h3-21,35H,22-27H2,1-2H3/t35-/m0/s1. The van der Waals surface area contributed by atoms with E-state index in [2.05, 4.69) is 130 Å². The monoisotopic (exact) mass is 570 g/mol. The zero-order chi connectivity index (χ0) is 29.4. The van der Waals surface area contributed by atoms with E-state index in [-0.39, 0.29) is 6.04 Å². The molecule has 0 spiro atoms. The van der Waals surface area contributed by atoms with E-state index in [9.17, 15) is 0 Å². The highest BCUT2D eigenvalue weighted by Gasteiger charge is 2.33. The van der Waals surface area contributed by atoms with Gasteiger partial charge < -0.3 is 4.74 Å². The minimum Gasteiger partial charge on any atom is -0.489 e. The second kappa shape index (κ2) is 13.6. The fourth-order valence-electron chi connectivity index (χ4n) is 5.84. The number of hydrogen-bond donors (Lipinski definition) is 0. The molecule has 7 heteroatoms. The van der Waals surface area contributed by atoms with E-state index < -0.39 is 0 Å². The van der Waals surface area contributed by atoms with E-state index in [0.29, 0.717) is 6.61 Å². The van der Waals surface area contributed by atoms with Gasteiger partial charge in [0.1, 0.15) is 18.4 Å². The number of benzene rings is 4. The molecule has 1 aliphatic heterocycles. The molecule has 5 aromatic rings. The van der Waals surface area contributed by atoms with Crippen molar-refractivity contribution in [1.82, 2.24) is 30.0 Å². The molecule has 1 aromatic heterocycles. The maximum absolute atomic E-state index is 6.48. The number of nitrogens with zero attached hydrogens (tertiary/aromatic N) is 6. The van der Waals surface area contributed by atoms with Crippen LogP contribution in [0, 0.1) is 13.8 Å². The van der Waals surface area contributed by atoms with E-state index in [1.54, 1.807) is 0 Å². The number of ether oxygens (including phenoxy) is 1. The van der Waals surface area contributed by atoms with Crippen molar-refractivity contribution in [3.8, 4) is 11.4 Å². The number of aromatic nitrogens is 4. The zero-order valence-electron chi connectivity index (χ0n) is 24.9. The molecular formula is C36H38N6O. The summed E-state index contributed by atoms with van der Waals surface area (Å²) in [5.74, 6) is 1.64. The molecule has 218 valence electrons. The van der Waals surface area contributed by atoms with Gasteiger partial charge in [-0.05, 0) is 52.6 Å². The van der Waals surface area contributed by atoms with Crippen LogP contribution in [-0.2, 0) is 6.61 Å². The van der Waals surface area contributed by atoms with Crippen LogP contribution in [0.3, 0.4) is 0 Å². The normalized spacial score (nSPS) is 15.1. The van der Waals surface area contributed by atoms with Crippen LogP contribution in [0.1, 0.15) is 39.7 Å². The molecule has 4 aromatic carbocycles. The highest BCUT2D eigenvalue weighted by atomic mass is 16.5. The largest absolute Gasteiger partial charge is 0.489 e. The second-order valence-electron chi connectivity index (χ2n) is 11.1. The molecule has 0 unspecified atom stereocenters. The lowest BCUT2D eigenvalue weighted by atomic mass is 10.0. The smallest absolute Gasteiger partial charge is 0.178 e. The Morgan fingerprint density at radius 3 is 2.19 bits per heavy atom. The summed E-state index contributed by atoms with van der Waals surface area (Å²) >= 11 is 0. The van der Waals surface area contributed by atoms with Crippen molar-refractivity contribution in [1.29, 1.82) is 0 Å². The van der Waals surface area contributed by atoms with Gasteiger partial charge in [-0.1, -0.05) is 109 Å². The molecule has 1 fully saturated rings. The van der Waals surface area contributed by atoms with E-state index in [0.717, 1.165) is 72.2 Å². The predicted molar refractivity (Wildman–Crippen MR) is 171 cm³/mol. The minimum atomic E-state index is -0.178. The Kier molecular flexibility index (Phi) is 9.02. The number of para-hydroxylation sites is 2. The van der Waals surface area contributed by atoms with Crippen LogP contribution in [0.5, 0.6) is 5.75 Å². The molecule has 7 nitrogen and oxygen atoms in total. The molecule has 1 aliphatic rings. The summed E-state index contributed by atoms with van der Waals surface area (Å²) in [6, 6.07) is 35.2. The quantitative estimate of drug-likeness (QED) is 0.197. The Hall–Kier alpha value is -4.59. The number of tetrazole rings is 1. The van der Waals surface area contributed by atoms with Crippen LogP contribution in [0.4, 0.5) is 0 Å². The average molecular weight is 571 g/mol. The lowest BCUT2D eigenvalue weighted by molar-refractivity contribution is 0.112. The molecule has 1 atom stereocenters. The van der Waals surface area contributed by atoms with E-state index in [1.807, 2.05) is 28.9 Å². The van der Waals surface area contributed by atoms with Gasteiger partial charge in [-0.25, -0.2) is 0 Å². The number of aryl methyl sites for hydroxylation is 2. The molecule has 2 heterocycles.